The number of amides is 1. The highest BCUT2D eigenvalue weighted by Crippen LogP contribution is 2.20. The van der Waals surface area contributed by atoms with Gasteiger partial charge in [0.1, 0.15) is 12.2 Å². The Morgan fingerprint density at radius 1 is 1.28 bits per heavy atom. The van der Waals surface area contributed by atoms with Crippen LogP contribution in [0.25, 0.3) is 10.2 Å². The molecule has 0 atom stereocenters. The van der Waals surface area contributed by atoms with Gasteiger partial charge in [-0.25, -0.2) is 4.79 Å². The quantitative estimate of drug-likeness (QED) is 0.588. The van der Waals surface area contributed by atoms with Crippen LogP contribution in [0.2, 0.25) is 0 Å². The first-order chi connectivity index (χ1) is 13.8. The summed E-state index contributed by atoms with van der Waals surface area (Å²) in [7, 11) is 2.97. The van der Waals surface area contributed by atoms with Crippen LogP contribution >= 0.6 is 11.3 Å². The highest BCUT2D eigenvalue weighted by molar-refractivity contribution is 7.16. The number of methoxy groups -OCH3 is 1. The number of carbonyl (C=O) groups is 3. The number of aromatic nitrogens is 3. The van der Waals surface area contributed by atoms with Gasteiger partial charge >= 0.3 is 11.9 Å². The van der Waals surface area contributed by atoms with Gasteiger partial charge in [0, 0.05) is 12.6 Å². The Balaban J connectivity index is 2.16. The standard InChI is InChI=1S/C19H20N4O5S/c1-5-28-15(24)10-23-13-7-6-12(18(26)27-4)8-14(13)29-19(23)21-17(25)16-11(2)9-20-22(16)3/h6-9H,5,10H2,1-4H3. The van der Waals surface area contributed by atoms with Crippen molar-refractivity contribution in [2.24, 2.45) is 12.0 Å². The Bertz CT molecular complexity index is 1150. The minimum absolute atomic E-state index is 0.109. The maximum Gasteiger partial charge on any atom is 0.337 e. The number of hydrogen-bond acceptors (Lipinski definition) is 7. The van der Waals surface area contributed by atoms with Crippen LogP contribution in [0.5, 0.6) is 0 Å². The van der Waals surface area contributed by atoms with E-state index in [4.69, 9.17) is 9.47 Å². The average molecular weight is 416 g/mol. The summed E-state index contributed by atoms with van der Waals surface area (Å²) >= 11 is 1.19. The maximum atomic E-state index is 12.8. The van der Waals surface area contributed by atoms with Crippen molar-refractivity contribution in [2.45, 2.75) is 20.4 Å². The molecule has 0 spiro atoms. The lowest BCUT2D eigenvalue weighted by Crippen LogP contribution is -2.23. The first-order valence-corrected chi connectivity index (χ1v) is 9.62. The fourth-order valence-electron chi connectivity index (χ4n) is 2.89. The topological polar surface area (TPSA) is 105 Å². The molecule has 9 nitrogen and oxygen atoms in total. The number of thiazole rings is 1. The van der Waals surface area contributed by atoms with Crippen molar-refractivity contribution in [3.8, 4) is 0 Å². The monoisotopic (exact) mass is 416 g/mol. The van der Waals surface area contributed by atoms with Crippen molar-refractivity contribution >= 4 is 39.4 Å². The molecule has 0 saturated carbocycles. The zero-order chi connectivity index (χ0) is 21.1. The number of esters is 2. The second kappa shape index (κ2) is 8.39. The summed E-state index contributed by atoms with van der Waals surface area (Å²) in [6.45, 7) is 3.63. The Morgan fingerprint density at radius 3 is 2.66 bits per heavy atom. The number of aryl methyl sites for hydroxylation is 2. The summed E-state index contributed by atoms with van der Waals surface area (Å²) in [5, 5.41) is 4.06. The lowest BCUT2D eigenvalue weighted by Gasteiger charge is -2.06. The van der Waals surface area contributed by atoms with Gasteiger partial charge in [0.2, 0.25) is 0 Å². The van der Waals surface area contributed by atoms with Crippen molar-refractivity contribution in [2.75, 3.05) is 13.7 Å². The van der Waals surface area contributed by atoms with Crippen molar-refractivity contribution in [3.05, 3.63) is 46.0 Å². The van der Waals surface area contributed by atoms with Crippen LogP contribution in [0.4, 0.5) is 0 Å². The third kappa shape index (κ3) is 4.11. The third-order valence-electron chi connectivity index (χ3n) is 4.22. The number of hydrogen-bond donors (Lipinski definition) is 0. The van der Waals surface area contributed by atoms with E-state index in [9.17, 15) is 14.4 Å². The van der Waals surface area contributed by atoms with E-state index in [1.54, 1.807) is 49.9 Å². The van der Waals surface area contributed by atoms with Gasteiger partial charge in [-0.1, -0.05) is 11.3 Å². The van der Waals surface area contributed by atoms with Gasteiger partial charge in [-0.15, -0.1) is 0 Å². The average Bonchev–Trinajstić information content (AvgIpc) is 3.20. The van der Waals surface area contributed by atoms with Crippen LogP contribution in [0, 0.1) is 6.92 Å². The lowest BCUT2D eigenvalue weighted by atomic mass is 10.2. The van der Waals surface area contributed by atoms with E-state index in [1.807, 2.05) is 0 Å². The van der Waals surface area contributed by atoms with Crippen molar-refractivity contribution in [1.29, 1.82) is 0 Å². The van der Waals surface area contributed by atoms with Crippen LogP contribution in [0.1, 0.15) is 33.3 Å². The van der Waals surface area contributed by atoms with Gasteiger partial charge in [-0.05, 0) is 32.0 Å². The first kappa shape index (κ1) is 20.5. The second-order valence-corrected chi connectivity index (χ2v) is 7.18. The van der Waals surface area contributed by atoms with Gasteiger partial charge in [0.05, 0.1) is 35.7 Å². The SMILES string of the molecule is CCOC(=O)Cn1c(=NC(=O)c2c(C)cnn2C)sc2cc(C(=O)OC)ccc21. The molecule has 0 fully saturated rings. The lowest BCUT2D eigenvalue weighted by molar-refractivity contribution is -0.143. The van der Waals surface area contributed by atoms with Crippen LogP contribution in [-0.4, -0.2) is 45.9 Å². The van der Waals surface area contributed by atoms with Gasteiger partial charge < -0.3 is 14.0 Å². The van der Waals surface area contributed by atoms with Crippen LogP contribution < -0.4 is 4.80 Å². The number of nitrogens with zero attached hydrogens (tertiary/aromatic N) is 4. The molecule has 0 bridgehead atoms. The molecule has 0 radical (unpaired) electrons. The Kier molecular flexibility index (Phi) is 5.92. The zero-order valence-corrected chi connectivity index (χ0v) is 17.3. The minimum Gasteiger partial charge on any atom is -0.465 e. The normalized spacial score (nSPS) is 11.7. The summed E-state index contributed by atoms with van der Waals surface area (Å²) in [4.78, 5) is 41.2. The third-order valence-corrected chi connectivity index (χ3v) is 5.26. The fourth-order valence-corrected chi connectivity index (χ4v) is 3.95. The zero-order valence-electron chi connectivity index (χ0n) is 16.5. The molecular formula is C19H20N4O5S. The minimum atomic E-state index is -0.475. The highest BCUT2D eigenvalue weighted by Gasteiger charge is 2.17. The molecule has 29 heavy (non-hydrogen) atoms. The molecule has 152 valence electrons. The van der Waals surface area contributed by atoms with Gasteiger partial charge in [0.25, 0.3) is 5.91 Å². The molecule has 2 heterocycles. The predicted molar refractivity (Wildman–Crippen MR) is 106 cm³/mol. The molecule has 0 aliphatic heterocycles. The molecule has 3 aromatic rings. The largest absolute Gasteiger partial charge is 0.465 e. The van der Waals surface area contributed by atoms with E-state index in [1.165, 1.54) is 23.1 Å². The van der Waals surface area contributed by atoms with E-state index >= 15 is 0 Å². The number of fused-ring (bicyclic) bond motifs is 1. The Labute approximate surface area is 170 Å². The van der Waals surface area contributed by atoms with Crippen molar-refractivity contribution < 1.29 is 23.9 Å². The van der Waals surface area contributed by atoms with Crippen LogP contribution in [0.15, 0.2) is 29.4 Å². The number of carbonyl (C=O) groups excluding carboxylic acids is 3. The molecule has 1 amide bonds. The molecule has 0 saturated heterocycles. The van der Waals surface area contributed by atoms with E-state index in [2.05, 4.69) is 10.1 Å². The molecule has 10 heteroatoms. The molecule has 0 N–H and O–H groups in total. The molecule has 0 aliphatic carbocycles. The highest BCUT2D eigenvalue weighted by atomic mass is 32.1. The van der Waals surface area contributed by atoms with Gasteiger partial charge in [-0.3, -0.25) is 14.3 Å². The molecule has 3 rings (SSSR count). The molecular weight excluding hydrogens is 396 g/mol. The van der Waals surface area contributed by atoms with Crippen LogP contribution in [-0.2, 0) is 27.9 Å². The van der Waals surface area contributed by atoms with Crippen molar-refractivity contribution in [3.63, 3.8) is 0 Å². The predicted octanol–water partition coefficient (Wildman–Crippen LogP) is 1.84. The van der Waals surface area contributed by atoms with Gasteiger partial charge in [0.15, 0.2) is 4.80 Å². The van der Waals surface area contributed by atoms with E-state index in [-0.39, 0.29) is 13.2 Å². The van der Waals surface area contributed by atoms with E-state index in [0.717, 1.165) is 0 Å². The Morgan fingerprint density at radius 2 is 2.03 bits per heavy atom. The van der Waals surface area contributed by atoms with Gasteiger partial charge in [-0.2, -0.15) is 10.1 Å². The summed E-state index contributed by atoms with van der Waals surface area (Å²) in [5.41, 5.74) is 2.08. The molecule has 0 unspecified atom stereocenters. The number of rotatable bonds is 5. The summed E-state index contributed by atoms with van der Waals surface area (Å²) < 4.78 is 13.5. The number of benzene rings is 1. The van der Waals surface area contributed by atoms with Crippen molar-refractivity contribution in [1.82, 2.24) is 14.3 Å². The molecule has 1 aromatic carbocycles. The molecule has 0 aliphatic rings. The van der Waals surface area contributed by atoms with E-state index in [0.29, 0.717) is 31.8 Å². The number of ether oxygens (including phenoxy) is 2. The Hall–Kier alpha value is -3.27. The summed E-state index contributed by atoms with van der Waals surface area (Å²) in [6, 6.07) is 4.93. The maximum absolute atomic E-state index is 12.8. The fraction of sp³-hybridized carbons (Fsp3) is 0.316. The first-order valence-electron chi connectivity index (χ1n) is 8.80. The van der Waals surface area contributed by atoms with E-state index < -0.39 is 17.8 Å². The molecule has 2 aromatic heterocycles. The second-order valence-electron chi connectivity index (χ2n) is 6.17. The smallest absolute Gasteiger partial charge is 0.337 e. The van der Waals surface area contributed by atoms with Crippen LogP contribution in [0.3, 0.4) is 0 Å². The summed E-state index contributed by atoms with van der Waals surface area (Å²) in [5.74, 6) is -1.40. The summed E-state index contributed by atoms with van der Waals surface area (Å²) in [6.07, 6.45) is 1.59.